The van der Waals surface area contributed by atoms with Gasteiger partial charge in [0.2, 0.25) is 0 Å². The molecule has 3 nitrogen and oxygen atoms in total. The van der Waals surface area contributed by atoms with Gasteiger partial charge in [-0.3, -0.25) is 0 Å². The fourth-order valence-corrected chi connectivity index (χ4v) is 2.50. The van der Waals surface area contributed by atoms with Crippen LogP contribution in [0.1, 0.15) is 26.7 Å². The SMILES string of the molecule is COC(C(C)[C@@H](C)C=O)C1CCCN1C. The highest BCUT2D eigenvalue weighted by molar-refractivity contribution is 5.53. The Morgan fingerprint density at radius 2 is 2.13 bits per heavy atom. The van der Waals surface area contributed by atoms with Crippen LogP contribution in [0.2, 0.25) is 0 Å². The highest BCUT2D eigenvalue weighted by Crippen LogP contribution is 2.27. The molecule has 0 bridgehead atoms. The van der Waals surface area contributed by atoms with Crippen LogP contribution in [-0.4, -0.2) is 44.0 Å². The zero-order chi connectivity index (χ0) is 11.4. The molecule has 1 aliphatic rings. The zero-order valence-electron chi connectivity index (χ0n) is 10.3. The minimum atomic E-state index is 0.0731. The van der Waals surface area contributed by atoms with Crippen molar-refractivity contribution < 1.29 is 9.53 Å². The van der Waals surface area contributed by atoms with Gasteiger partial charge in [0, 0.05) is 19.1 Å². The van der Waals surface area contributed by atoms with E-state index in [4.69, 9.17) is 4.74 Å². The Balaban J connectivity index is 2.65. The summed E-state index contributed by atoms with van der Waals surface area (Å²) in [6.07, 6.45) is 3.64. The normalized spacial score (nSPS) is 28.7. The molecule has 4 atom stereocenters. The van der Waals surface area contributed by atoms with Gasteiger partial charge in [0.05, 0.1) is 6.10 Å². The van der Waals surface area contributed by atoms with E-state index in [2.05, 4.69) is 18.9 Å². The highest BCUT2D eigenvalue weighted by Gasteiger charge is 2.34. The van der Waals surface area contributed by atoms with Gasteiger partial charge in [-0.1, -0.05) is 13.8 Å². The van der Waals surface area contributed by atoms with E-state index < -0.39 is 0 Å². The molecule has 0 saturated carbocycles. The summed E-state index contributed by atoms with van der Waals surface area (Å²) in [7, 11) is 3.90. The molecule has 0 aromatic heterocycles. The van der Waals surface area contributed by atoms with Gasteiger partial charge in [0.15, 0.2) is 0 Å². The highest BCUT2D eigenvalue weighted by atomic mass is 16.5. The van der Waals surface area contributed by atoms with Crippen LogP contribution in [-0.2, 0) is 9.53 Å². The van der Waals surface area contributed by atoms with Crippen LogP contribution in [0.15, 0.2) is 0 Å². The summed E-state index contributed by atoms with van der Waals surface area (Å²) in [5.41, 5.74) is 0. The van der Waals surface area contributed by atoms with Crippen molar-refractivity contribution in [3.05, 3.63) is 0 Å². The molecule has 88 valence electrons. The number of likely N-dealkylation sites (N-methyl/N-ethyl adjacent to an activating group) is 1. The first-order valence-electron chi connectivity index (χ1n) is 5.80. The van der Waals surface area contributed by atoms with Crippen molar-refractivity contribution in [3.8, 4) is 0 Å². The van der Waals surface area contributed by atoms with Crippen molar-refractivity contribution in [1.29, 1.82) is 0 Å². The molecule has 0 radical (unpaired) electrons. The molecule has 0 amide bonds. The molecule has 1 heterocycles. The topological polar surface area (TPSA) is 29.5 Å². The lowest BCUT2D eigenvalue weighted by Crippen LogP contribution is -2.43. The molecule has 0 N–H and O–H groups in total. The predicted octanol–water partition coefficient (Wildman–Crippen LogP) is 1.57. The van der Waals surface area contributed by atoms with E-state index in [9.17, 15) is 4.79 Å². The van der Waals surface area contributed by atoms with Gasteiger partial charge in [-0.15, -0.1) is 0 Å². The van der Waals surface area contributed by atoms with Gasteiger partial charge in [-0.05, 0) is 32.4 Å². The van der Waals surface area contributed by atoms with E-state index in [-0.39, 0.29) is 17.9 Å². The molecule has 1 fully saturated rings. The fraction of sp³-hybridized carbons (Fsp3) is 0.917. The number of carbonyl (C=O) groups is 1. The average Bonchev–Trinajstić information content (AvgIpc) is 2.65. The van der Waals surface area contributed by atoms with E-state index in [0.29, 0.717) is 6.04 Å². The number of methoxy groups -OCH3 is 1. The Kier molecular flexibility index (Phi) is 4.74. The van der Waals surface area contributed by atoms with E-state index in [1.807, 2.05) is 6.92 Å². The molecular weight excluding hydrogens is 190 g/mol. The first kappa shape index (κ1) is 12.7. The second-order valence-corrected chi connectivity index (χ2v) is 4.74. The smallest absolute Gasteiger partial charge is 0.123 e. The van der Waals surface area contributed by atoms with Crippen LogP contribution >= 0.6 is 0 Å². The first-order valence-corrected chi connectivity index (χ1v) is 5.80. The van der Waals surface area contributed by atoms with Crippen molar-refractivity contribution in [2.75, 3.05) is 20.7 Å². The van der Waals surface area contributed by atoms with Crippen LogP contribution in [0.25, 0.3) is 0 Å². The third-order valence-corrected chi connectivity index (χ3v) is 3.79. The molecule has 3 unspecified atom stereocenters. The van der Waals surface area contributed by atoms with Crippen molar-refractivity contribution in [2.24, 2.45) is 11.8 Å². The van der Waals surface area contributed by atoms with Crippen molar-refractivity contribution in [3.63, 3.8) is 0 Å². The zero-order valence-corrected chi connectivity index (χ0v) is 10.3. The molecule has 0 spiro atoms. The van der Waals surface area contributed by atoms with Gasteiger partial charge in [0.25, 0.3) is 0 Å². The van der Waals surface area contributed by atoms with Crippen LogP contribution in [0.5, 0.6) is 0 Å². The molecule has 3 heteroatoms. The molecule has 1 rings (SSSR count). The third-order valence-electron chi connectivity index (χ3n) is 3.79. The maximum atomic E-state index is 10.8. The summed E-state index contributed by atoms with van der Waals surface area (Å²) in [5, 5.41) is 0. The van der Waals surface area contributed by atoms with E-state index in [1.54, 1.807) is 7.11 Å². The summed E-state index contributed by atoms with van der Waals surface area (Å²) in [5.74, 6) is 0.363. The van der Waals surface area contributed by atoms with Crippen LogP contribution in [0.4, 0.5) is 0 Å². The lowest BCUT2D eigenvalue weighted by molar-refractivity contribution is -0.114. The number of aldehydes is 1. The van der Waals surface area contributed by atoms with Crippen LogP contribution in [0.3, 0.4) is 0 Å². The second-order valence-electron chi connectivity index (χ2n) is 4.74. The van der Waals surface area contributed by atoms with Gasteiger partial charge >= 0.3 is 0 Å². The first-order chi connectivity index (χ1) is 7.11. The molecule has 1 aliphatic heterocycles. The molecule has 0 aromatic carbocycles. The summed E-state index contributed by atoms with van der Waals surface area (Å²) < 4.78 is 5.59. The monoisotopic (exact) mass is 213 g/mol. The standard InChI is InChI=1S/C12H23NO2/c1-9(8-14)10(2)12(15-4)11-6-5-7-13(11)3/h8-12H,5-7H2,1-4H3/t9-,10?,11?,12?/m0/s1. The van der Waals surface area contributed by atoms with E-state index in [1.165, 1.54) is 12.8 Å². The Bertz CT molecular complexity index is 208. The van der Waals surface area contributed by atoms with Gasteiger partial charge < -0.3 is 14.4 Å². The Morgan fingerprint density at radius 3 is 2.53 bits per heavy atom. The molecule has 1 saturated heterocycles. The minimum Gasteiger partial charge on any atom is -0.380 e. The van der Waals surface area contributed by atoms with E-state index in [0.717, 1.165) is 12.8 Å². The summed E-state index contributed by atoms with van der Waals surface area (Å²) >= 11 is 0. The number of hydrogen-bond acceptors (Lipinski definition) is 3. The Morgan fingerprint density at radius 1 is 1.47 bits per heavy atom. The number of nitrogens with zero attached hydrogens (tertiary/aromatic N) is 1. The van der Waals surface area contributed by atoms with Gasteiger partial charge in [-0.25, -0.2) is 0 Å². The molecule has 0 aromatic rings. The van der Waals surface area contributed by atoms with Crippen LogP contribution < -0.4 is 0 Å². The van der Waals surface area contributed by atoms with Crippen molar-refractivity contribution >= 4 is 6.29 Å². The number of likely N-dealkylation sites (tertiary alicyclic amines) is 1. The molecule has 0 aliphatic carbocycles. The van der Waals surface area contributed by atoms with Gasteiger partial charge in [0.1, 0.15) is 6.29 Å². The number of ether oxygens (including phenoxy) is 1. The molecular formula is C12H23NO2. The third kappa shape index (κ3) is 2.79. The Hall–Kier alpha value is -0.410. The fourth-order valence-electron chi connectivity index (χ4n) is 2.50. The maximum Gasteiger partial charge on any atom is 0.123 e. The maximum absolute atomic E-state index is 10.8. The summed E-state index contributed by atoms with van der Waals surface area (Å²) in [6.45, 7) is 5.23. The lowest BCUT2D eigenvalue weighted by Gasteiger charge is -2.33. The minimum absolute atomic E-state index is 0.0731. The largest absolute Gasteiger partial charge is 0.380 e. The van der Waals surface area contributed by atoms with Gasteiger partial charge in [-0.2, -0.15) is 0 Å². The molecule has 15 heavy (non-hydrogen) atoms. The summed E-state index contributed by atoms with van der Waals surface area (Å²) in [4.78, 5) is 13.1. The Labute approximate surface area is 92.8 Å². The van der Waals surface area contributed by atoms with E-state index >= 15 is 0 Å². The average molecular weight is 213 g/mol. The number of hydrogen-bond donors (Lipinski definition) is 0. The van der Waals surface area contributed by atoms with Crippen LogP contribution in [0, 0.1) is 11.8 Å². The summed E-state index contributed by atoms with van der Waals surface area (Å²) in [6, 6.07) is 0.479. The number of carbonyl (C=O) groups excluding carboxylic acids is 1. The second kappa shape index (κ2) is 5.61. The van der Waals surface area contributed by atoms with Crippen molar-refractivity contribution in [1.82, 2.24) is 4.90 Å². The quantitative estimate of drug-likeness (QED) is 0.649. The lowest BCUT2D eigenvalue weighted by atomic mass is 9.87. The predicted molar refractivity (Wildman–Crippen MR) is 60.8 cm³/mol. The number of rotatable bonds is 5. The van der Waals surface area contributed by atoms with Crippen molar-refractivity contribution in [2.45, 2.75) is 38.8 Å².